The molecule has 2 heterocycles. The van der Waals surface area contributed by atoms with Gasteiger partial charge in [0.05, 0.1) is 6.54 Å². The third kappa shape index (κ3) is 6.02. The van der Waals surface area contributed by atoms with Gasteiger partial charge in [-0.2, -0.15) is 0 Å². The molecule has 0 bridgehead atoms. The molecule has 7 heteroatoms. The van der Waals surface area contributed by atoms with Crippen LogP contribution >= 0.6 is 0 Å². The third-order valence-corrected chi connectivity index (χ3v) is 5.32. The molecule has 1 saturated heterocycles. The summed E-state index contributed by atoms with van der Waals surface area (Å²) < 4.78 is 0. The predicted octanol–water partition coefficient (Wildman–Crippen LogP) is 2.21. The van der Waals surface area contributed by atoms with E-state index in [9.17, 15) is 9.59 Å². The Bertz CT molecular complexity index is 832. The second-order valence-corrected chi connectivity index (χ2v) is 7.40. The van der Waals surface area contributed by atoms with Gasteiger partial charge < -0.3 is 15.5 Å². The fourth-order valence-corrected chi connectivity index (χ4v) is 3.36. The van der Waals surface area contributed by atoms with Crippen LogP contribution in [0.3, 0.4) is 0 Å². The summed E-state index contributed by atoms with van der Waals surface area (Å²) in [6.07, 6.45) is 4.32. The lowest BCUT2D eigenvalue weighted by Gasteiger charge is -2.34. The van der Waals surface area contributed by atoms with Gasteiger partial charge >= 0.3 is 6.03 Å². The molecule has 0 unspecified atom stereocenters. The molecular formula is C22H29N5O2. The smallest absolute Gasteiger partial charge is 0.317 e. The van der Waals surface area contributed by atoms with Crippen molar-refractivity contribution >= 4 is 17.6 Å². The Kier molecular flexibility index (Phi) is 7.19. The molecule has 0 spiro atoms. The first kappa shape index (κ1) is 20.8. The van der Waals surface area contributed by atoms with Gasteiger partial charge in [-0.3, -0.25) is 14.7 Å². The molecule has 1 aromatic heterocycles. The Balaban J connectivity index is 1.37. The summed E-state index contributed by atoms with van der Waals surface area (Å²) in [6, 6.07) is 9.76. The van der Waals surface area contributed by atoms with E-state index < -0.39 is 0 Å². The lowest BCUT2D eigenvalue weighted by molar-refractivity contribution is -0.117. The van der Waals surface area contributed by atoms with Crippen molar-refractivity contribution in [2.45, 2.75) is 20.3 Å². The molecule has 0 saturated carbocycles. The number of amides is 3. The summed E-state index contributed by atoms with van der Waals surface area (Å²) in [5.41, 5.74) is 4.22. The molecule has 0 radical (unpaired) electrons. The SMILES string of the molecule is Cc1cccc(NC(=O)CN2CCN(C(=O)NCCc3cccnc3)CC2)c1C. The van der Waals surface area contributed by atoms with Crippen molar-refractivity contribution in [2.75, 3.05) is 44.6 Å². The zero-order valence-corrected chi connectivity index (χ0v) is 17.1. The summed E-state index contributed by atoms with van der Waals surface area (Å²) in [7, 11) is 0. The molecule has 3 rings (SSSR count). The standard InChI is InChI=1S/C22H29N5O2/c1-17-5-3-7-20(18(17)2)25-21(28)16-26-11-13-27(14-12-26)22(29)24-10-8-19-6-4-9-23-15-19/h3-7,9,15H,8,10-14,16H2,1-2H3,(H,24,29)(H,25,28). The molecule has 154 valence electrons. The normalized spacial score (nSPS) is 14.5. The van der Waals surface area contributed by atoms with Gasteiger partial charge in [0.25, 0.3) is 0 Å². The van der Waals surface area contributed by atoms with Gasteiger partial charge in [0, 0.05) is 50.8 Å². The first-order valence-corrected chi connectivity index (χ1v) is 10.0. The van der Waals surface area contributed by atoms with Crippen molar-refractivity contribution in [3.05, 3.63) is 59.4 Å². The molecule has 1 fully saturated rings. The molecule has 1 aromatic carbocycles. The van der Waals surface area contributed by atoms with Crippen molar-refractivity contribution in [1.29, 1.82) is 0 Å². The number of rotatable bonds is 6. The average Bonchev–Trinajstić information content (AvgIpc) is 2.72. The molecule has 7 nitrogen and oxygen atoms in total. The number of nitrogens with one attached hydrogen (secondary N) is 2. The summed E-state index contributed by atoms with van der Waals surface area (Å²) in [4.78, 5) is 32.7. The van der Waals surface area contributed by atoms with Gasteiger partial charge in [-0.05, 0) is 49.1 Å². The highest BCUT2D eigenvalue weighted by Crippen LogP contribution is 2.17. The maximum Gasteiger partial charge on any atom is 0.317 e. The minimum absolute atomic E-state index is 0.0203. The Labute approximate surface area is 172 Å². The first-order valence-electron chi connectivity index (χ1n) is 10.0. The summed E-state index contributed by atoms with van der Waals surface area (Å²) in [6.45, 7) is 7.59. The molecule has 0 atom stereocenters. The number of carbonyl (C=O) groups is 2. The van der Waals surface area contributed by atoms with E-state index in [4.69, 9.17) is 0 Å². The lowest BCUT2D eigenvalue weighted by Crippen LogP contribution is -2.53. The summed E-state index contributed by atoms with van der Waals surface area (Å²) in [5, 5.41) is 5.96. The lowest BCUT2D eigenvalue weighted by atomic mass is 10.1. The van der Waals surface area contributed by atoms with E-state index in [1.54, 1.807) is 6.20 Å². The maximum absolute atomic E-state index is 12.4. The number of piperazine rings is 1. The highest BCUT2D eigenvalue weighted by Gasteiger charge is 2.22. The van der Waals surface area contributed by atoms with Gasteiger partial charge in [0.1, 0.15) is 0 Å². The third-order valence-electron chi connectivity index (χ3n) is 5.32. The van der Waals surface area contributed by atoms with E-state index in [-0.39, 0.29) is 11.9 Å². The van der Waals surface area contributed by atoms with Crippen LogP contribution in [-0.2, 0) is 11.2 Å². The van der Waals surface area contributed by atoms with Crippen molar-refractivity contribution in [3.8, 4) is 0 Å². The molecule has 1 aliphatic rings. The topological polar surface area (TPSA) is 77.6 Å². The van der Waals surface area contributed by atoms with Gasteiger partial charge in [0.15, 0.2) is 0 Å². The van der Waals surface area contributed by atoms with Crippen LogP contribution in [0.4, 0.5) is 10.5 Å². The second kappa shape index (κ2) is 10.0. The summed E-state index contributed by atoms with van der Waals surface area (Å²) in [5.74, 6) is -0.0203. The Morgan fingerprint density at radius 3 is 2.59 bits per heavy atom. The van der Waals surface area contributed by atoms with Gasteiger partial charge in [-0.1, -0.05) is 18.2 Å². The quantitative estimate of drug-likeness (QED) is 0.786. The van der Waals surface area contributed by atoms with E-state index in [0.29, 0.717) is 39.3 Å². The number of benzene rings is 1. The van der Waals surface area contributed by atoms with Crippen LogP contribution in [-0.4, -0.2) is 66.0 Å². The van der Waals surface area contributed by atoms with Crippen molar-refractivity contribution in [1.82, 2.24) is 20.1 Å². The number of anilines is 1. The maximum atomic E-state index is 12.4. The van der Waals surface area contributed by atoms with Crippen LogP contribution in [0.5, 0.6) is 0 Å². The summed E-state index contributed by atoms with van der Waals surface area (Å²) >= 11 is 0. The minimum Gasteiger partial charge on any atom is -0.338 e. The number of aryl methyl sites for hydroxylation is 1. The number of aromatic nitrogens is 1. The second-order valence-electron chi connectivity index (χ2n) is 7.40. The van der Waals surface area contributed by atoms with E-state index in [1.807, 2.05) is 55.3 Å². The molecule has 0 aliphatic carbocycles. The van der Waals surface area contributed by atoms with Crippen LogP contribution in [0.15, 0.2) is 42.7 Å². The van der Waals surface area contributed by atoms with Crippen LogP contribution in [0, 0.1) is 13.8 Å². The monoisotopic (exact) mass is 395 g/mol. The number of pyridine rings is 1. The van der Waals surface area contributed by atoms with Crippen LogP contribution < -0.4 is 10.6 Å². The molecule has 3 amide bonds. The molecule has 29 heavy (non-hydrogen) atoms. The molecular weight excluding hydrogens is 366 g/mol. The molecule has 2 aromatic rings. The van der Waals surface area contributed by atoms with Gasteiger partial charge in [-0.15, -0.1) is 0 Å². The fourth-order valence-electron chi connectivity index (χ4n) is 3.36. The number of carbonyl (C=O) groups excluding carboxylic acids is 2. The van der Waals surface area contributed by atoms with Crippen molar-refractivity contribution < 1.29 is 9.59 Å². The highest BCUT2D eigenvalue weighted by molar-refractivity contribution is 5.93. The van der Waals surface area contributed by atoms with Crippen LogP contribution in [0.2, 0.25) is 0 Å². The highest BCUT2D eigenvalue weighted by atomic mass is 16.2. The van der Waals surface area contributed by atoms with Crippen molar-refractivity contribution in [2.24, 2.45) is 0 Å². The molecule has 1 aliphatic heterocycles. The number of hydrogen-bond acceptors (Lipinski definition) is 4. The van der Waals surface area contributed by atoms with E-state index >= 15 is 0 Å². The largest absolute Gasteiger partial charge is 0.338 e. The van der Waals surface area contributed by atoms with Gasteiger partial charge in [-0.25, -0.2) is 4.79 Å². The van der Waals surface area contributed by atoms with Gasteiger partial charge in [0.2, 0.25) is 5.91 Å². The Morgan fingerprint density at radius 2 is 1.86 bits per heavy atom. The Morgan fingerprint density at radius 1 is 1.07 bits per heavy atom. The zero-order chi connectivity index (χ0) is 20.6. The molecule has 2 N–H and O–H groups in total. The number of nitrogens with zero attached hydrogens (tertiary/aromatic N) is 3. The van der Waals surface area contributed by atoms with E-state index in [0.717, 1.165) is 28.8 Å². The minimum atomic E-state index is -0.0478. The average molecular weight is 396 g/mol. The van der Waals surface area contributed by atoms with Crippen LogP contribution in [0.25, 0.3) is 0 Å². The fraction of sp³-hybridized carbons (Fsp3) is 0.409. The van der Waals surface area contributed by atoms with E-state index in [2.05, 4.69) is 20.5 Å². The van der Waals surface area contributed by atoms with E-state index in [1.165, 1.54) is 0 Å². The Hall–Kier alpha value is -2.93. The van der Waals surface area contributed by atoms with Crippen LogP contribution in [0.1, 0.15) is 16.7 Å². The first-order chi connectivity index (χ1) is 14.0. The number of urea groups is 1. The zero-order valence-electron chi connectivity index (χ0n) is 17.1. The van der Waals surface area contributed by atoms with Crippen molar-refractivity contribution in [3.63, 3.8) is 0 Å². The number of hydrogen-bond donors (Lipinski definition) is 2. The predicted molar refractivity (Wildman–Crippen MR) is 114 cm³/mol.